The third kappa shape index (κ3) is 4.65. The largest absolute Gasteiger partial charge is 0.465 e. The van der Waals surface area contributed by atoms with E-state index in [0.29, 0.717) is 18.3 Å². The van der Waals surface area contributed by atoms with Crippen LogP contribution in [0.3, 0.4) is 0 Å². The zero-order valence-corrected chi connectivity index (χ0v) is 13.3. The van der Waals surface area contributed by atoms with Crippen molar-refractivity contribution in [1.82, 2.24) is 5.32 Å². The molecule has 1 aliphatic rings. The average molecular weight is 289 g/mol. The Kier molecular flexibility index (Phi) is 6.63. The van der Waals surface area contributed by atoms with Gasteiger partial charge < -0.3 is 9.84 Å². The molecule has 4 nitrogen and oxygen atoms in total. The summed E-state index contributed by atoms with van der Waals surface area (Å²) in [7, 11) is 0. The third-order valence-corrected chi connectivity index (χ3v) is 4.65. The van der Waals surface area contributed by atoms with Crippen LogP contribution in [0.4, 0.5) is 0 Å². The molecular weight excluding hydrogens is 262 g/mol. The maximum Gasteiger partial charge on any atom is 0.327 e. The first kappa shape index (κ1) is 16.8. The molecule has 1 aliphatic carbocycles. The highest BCUT2D eigenvalue weighted by molar-refractivity contribution is 8.00. The van der Waals surface area contributed by atoms with Gasteiger partial charge in [-0.2, -0.15) is 11.8 Å². The van der Waals surface area contributed by atoms with Crippen molar-refractivity contribution in [2.75, 3.05) is 19.0 Å². The van der Waals surface area contributed by atoms with Crippen LogP contribution in [0.1, 0.15) is 40.5 Å². The predicted molar refractivity (Wildman–Crippen MR) is 79.4 cm³/mol. The number of aliphatic hydroxyl groups excluding tert-OH is 1. The Morgan fingerprint density at radius 2 is 2.11 bits per heavy atom. The highest BCUT2D eigenvalue weighted by atomic mass is 32.2. The number of carbonyl (C=O) groups is 1. The van der Waals surface area contributed by atoms with Crippen LogP contribution in [-0.4, -0.2) is 46.9 Å². The quantitative estimate of drug-likeness (QED) is 0.634. The Hall–Kier alpha value is -0.260. The van der Waals surface area contributed by atoms with Crippen molar-refractivity contribution in [3.8, 4) is 0 Å². The average Bonchev–Trinajstić information content (AvgIpc) is 3.18. The van der Waals surface area contributed by atoms with Gasteiger partial charge in [-0.3, -0.25) is 10.1 Å². The maximum atomic E-state index is 12.4. The van der Waals surface area contributed by atoms with Crippen LogP contribution in [-0.2, 0) is 9.53 Å². The van der Waals surface area contributed by atoms with Gasteiger partial charge in [-0.25, -0.2) is 0 Å². The van der Waals surface area contributed by atoms with Crippen molar-refractivity contribution in [1.29, 1.82) is 0 Å². The summed E-state index contributed by atoms with van der Waals surface area (Å²) in [5.74, 6) is 0.896. The third-order valence-electron chi connectivity index (χ3n) is 3.31. The van der Waals surface area contributed by atoms with Crippen LogP contribution in [0.25, 0.3) is 0 Å². The smallest absolute Gasteiger partial charge is 0.327 e. The lowest BCUT2D eigenvalue weighted by molar-refractivity contribution is -0.151. The van der Waals surface area contributed by atoms with Gasteiger partial charge in [0.15, 0.2) is 0 Å². The van der Waals surface area contributed by atoms with Crippen molar-refractivity contribution < 1.29 is 14.6 Å². The zero-order chi connectivity index (χ0) is 14.5. The first-order valence-electron chi connectivity index (χ1n) is 7.13. The predicted octanol–water partition coefficient (Wildman–Crippen LogP) is 1.81. The summed E-state index contributed by atoms with van der Waals surface area (Å²) in [6, 6.07) is 0.232. The van der Waals surface area contributed by atoms with Gasteiger partial charge >= 0.3 is 5.97 Å². The molecule has 1 saturated carbocycles. The molecular formula is C14H27NO3S. The van der Waals surface area contributed by atoms with Gasteiger partial charge in [0, 0.05) is 17.0 Å². The minimum absolute atomic E-state index is 0.135. The molecule has 0 radical (unpaired) electrons. The van der Waals surface area contributed by atoms with Crippen LogP contribution in [0.5, 0.6) is 0 Å². The fraction of sp³-hybridized carbons (Fsp3) is 0.929. The first-order chi connectivity index (χ1) is 8.96. The molecule has 0 aromatic heterocycles. The van der Waals surface area contributed by atoms with Crippen molar-refractivity contribution in [2.45, 2.75) is 57.4 Å². The van der Waals surface area contributed by atoms with Crippen LogP contribution in [0.15, 0.2) is 0 Å². The van der Waals surface area contributed by atoms with Crippen LogP contribution in [0.2, 0.25) is 0 Å². The van der Waals surface area contributed by atoms with Gasteiger partial charge in [0.2, 0.25) is 0 Å². The van der Waals surface area contributed by atoms with Crippen LogP contribution >= 0.6 is 11.8 Å². The maximum absolute atomic E-state index is 12.4. The normalized spacial score (nSPS) is 20.1. The van der Waals surface area contributed by atoms with Gasteiger partial charge in [-0.1, -0.05) is 6.92 Å². The number of hydrogen-bond donors (Lipinski definition) is 2. The van der Waals surface area contributed by atoms with Gasteiger partial charge in [-0.05, 0) is 39.5 Å². The molecule has 0 saturated heterocycles. The number of thioether (sulfide) groups is 1. The minimum Gasteiger partial charge on any atom is -0.465 e. The topological polar surface area (TPSA) is 58.6 Å². The Balaban J connectivity index is 2.81. The number of ether oxygens (including phenoxy) is 1. The number of rotatable bonds is 9. The summed E-state index contributed by atoms with van der Waals surface area (Å²) in [5, 5.41) is 12.7. The molecule has 0 aromatic carbocycles. The fourth-order valence-electron chi connectivity index (χ4n) is 2.24. The van der Waals surface area contributed by atoms with Crippen molar-refractivity contribution >= 4 is 17.7 Å². The second kappa shape index (κ2) is 7.50. The molecule has 1 fully saturated rings. The number of nitrogens with one attached hydrogen (secondary N) is 1. The summed E-state index contributed by atoms with van der Waals surface area (Å²) >= 11 is 1.63. The van der Waals surface area contributed by atoms with E-state index in [1.807, 2.05) is 13.8 Å². The van der Waals surface area contributed by atoms with E-state index in [1.165, 1.54) is 0 Å². The van der Waals surface area contributed by atoms with Gasteiger partial charge in [0.25, 0.3) is 0 Å². The lowest BCUT2D eigenvalue weighted by atomic mass is 9.94. The summed E-state index contributed by atoms with van der Waals surface area (Å²) < 4.78 is 5.30. The number of esters is 1. The second-order valence-corrected chi connectivity index (χ2v) is 7.00. The first-order valence-corrected chi connectivity index (χ1v) is 8.18. The van der Waals surface area contributed by atoms with E-state index in [4.69, 9.17) is 9.84 Å². The second-order valence-electron chi connectivity index (χ2n) is 5.57. The number of carbonyl (C=O) groups excluding carboxylic acids is 1. The summed E-state index contributed by atoms with van der Waals surface area (Å²) in [4.78, 5) is 12.4. The molecule has 112 valence electrons. The number of aliphatic hydroxyl groups is 1. The highest BCUT2D eigenvalue weighted by Crippen LogP contribution is 2.43. The molecule has 2 atom stereocenters. The molecule has 0 aromatic rings. The van der Waals surface area contributed by atoms with Crippen LogP contribution in [0, 0.1) is 5.92 Å². The van der Waals surface area contributed by atoms with E-state index in [2.05, 4.69) is 19.2 Å². The molecule has 1 rings (SSSR count). The van der Waals surface area contributed by atoms with Gasteiger partial charge in [0.1, 0.15) is 5.54 Å². The Morgan fingerprint density at radius 3 is 2.53 bits per heavy atom. The standard InChI is InChI=1S/C14H27NO3S/c1-5-18-13(17)14(12-6-7-12,15-10(2)3)9-19-11(4)8-16/h10-12,15-16H,5-9H2,1-4H3. The SMILES string of the molecule is CCOC(=O)C(CSC(C)CO)(NC(C)C)C1CC1. The van der Waals surface area contributed by atoms with Crippen molar-refractivity contribution in [3.05, 3.63) is 0 Å². The van der Waals surface area contributed by atoms with E-state index in [1.54, 1.807) is 11.8 Å². The van der Waals surface area contributed by atoms with Crippen molar-refractivity contribution in [3.63, 3.8) is 0 Å². The summed E-state index contributed by atoms with van der Waals surface area (Å²) in [5.41, 5.74) is -0.585. The molecule has 0 heterocycles. The molecule has 2 unspecified atom stereocenters. The minimum atomic E-state index is -0.585. The monoisotopic (exact) mass is 289 g/mol. The lowest BCUT2D eigenvalue weighted by Crippen LogP contribution is -2.59. The Bertz CT molecular complexity index is 294. The summed E-state index contributed by atoms with van der Waals surface area (Å²) in [6.07, 6.45) is 2.15. The molecule has 0 aliphatic heterocycles. The van der Waals surface area contributed by atoms with E-state index in [0.717, 1.165) is 12.8 Å². The Labute approximate surface area is 120 Å². The number of hydrogen-bond acceptors (Lipinski definition) is 5. The molecule has 0 spiro atoms. The molecule has 19 heavy (non-hydrogen) atoms. The van der Waals surface area contributed by atoms with Crippen molar-refractivity contribution in [2.24, 2.45) is 5.92 Å². The van der Waals surface area contributed by atoms with E-state index in [9.17, 15) is 4.79 Å². The Morgan fingerprint density at radius 1 is 1.47 bits per heavy atom. The fourth-order valence-corrected chi connectivity index (χ4v) is 3.33. The highest BCUT2D eigenvalue weighted by Gasteiger charge is 2.52. The molecule has 0 bridgehead atoms. The van der Waals surface area contributed by atoms with Gasteiger partial charge in [-0.15, -0.1) is 0 Å². The van der Waals surface area contributed by atoms with E-state index < -0.39 is 5.54 Å². The van der Waals surface area contributed by atoms with Gasteiger partial charge in [0.05, 0.1) is 13.2 Å². The summed E-state index contributed by atoms with van der Waals surface area (Å²) in [6.45, 7) is 8.47. The van der Waals surface area contributed by atoms with E-state index >= 15 is 0 Å². The lowest BCUT2D eigenvalue weighted by Gasteiger charge is -2.35. The molecule has 2 N–H and O–H groups in total. The molecule has 5 heteroatoms. The zero-order valence-electron chi connectivity index (χ0n) is 12.4. The molecule has 0 amide bonds. The van der Waals surface area contributed by atoms with Crippen LogP contribution < -0.4 is 5.32 Å². The van der Waals surface area contributed by atoms with E-state index in [-0.39, 0.29) is 23.9 Å².